The first-order chi connectivity index (χ1) is 13.0. The third-order valence-electron chi connectivity index (χ3n) is 4.73. The fourth-order valence-corrected chi connectivity index (χ4v) is 3.43. The van der Waals surface area contributed by atoms with Gasteiger partial charge in [0.1, 0.15) is 5.82 Å². The minimum absolute atomic E-state index is 0. The molecule has 0 radical (unpaired) electrons. The zero-order valence-corrected chi connectivity index (χ0v) is 15.3. The van der Waals surface area contributed by atoms with E-state index in [1.807, 2.05) is 0 Å². The molecule has 2 aromatic heterocycles. The predicted octanol–water partition coefficient (Wildman–Crippen LogP) is 2.31. The maximum absolute atomic E-state index is 13.7. The van der Waals surface area contributed by atoms with Gasteiger partial charge in [-0.05, 0) is 44.1 Å². The van der Waals surface area contributed by atoms with Crippen LogP contribution < -0.4 is 16.6 Å². The minimum atomic E-state index is -1.14. The van der Waals surface area contributed by atoms with Crippen LogP contribution in [0.15, 0.2) is 40.1 Å². The van der Waals surface area contributed by atoms with Gasteiger partial charge >= 0.3 is 5.69 Å². The molecule has 28 heavy (non-hydrogen) atoms. The van der Waals surface area contributed by atoms with Crippen LogP contribution in [0.3, 0.4) is 0 Å². The normalized spacial score (nSPS) is 14.8. The van der Waals surface area contributed by atoms with Crippen molar-refractivity contribution < 1.29 is 13.2 Å². The number of nitrogens with zero attached hydrogens (tertiary/aromatic N) is 3. The van der Waals surface area contributed by atoms with E-state index in [4.69, 9.17) is 0 Å². The predicted molar refractivity (Wildman–Crippen MR) is 99.9 cm³/mol. The molecule has 10 heteroatoms. The molecule has 3 aromatic rings. The van der Waals surface area contributed by atoms with E-state index in [1.165, 1.54) is 6.07 Å². The summed E-state index contributed by atoms with van der Waals surface area (Å²) in [6.45, 7) is 1.25. The SMILES string of the molecule is Cl.O=c1c2cc(F)cnc2n(-c2ccc(F)c(F)c2)c(=O)n1C1CCNCC1. The summed E-state index contributed by atoms with van der Waals surface area (Å²) in [5.74, 6) is -2.94. The standard InChI is InChI=1S/C18H15F3N4O2.ClH/c19-10-7-13-16(23-9-10)24(12-1-2-14(20)15(21)8-12)18(27)25(17(13)26)11-3-5-22-6-4-11;/h1-2,7-9,11,22H,3-6H2;1H. The van der Waals surface area contributed by atoms with Crippen LogP contribution in [0.2, 0.25) is 0 Å². The number of fused-ring (bicyclic) bond motifs is 1. The molecule has 1 saturated heterocycles. The van der Waals surface area contributed by atoms with E-state index in [2.05, 4.69) is 10.3 Å². The van der Waals surface area contributed by atoms with Gasteiger partial charge in [-0.15, -0.1) is 12.4 Å². The second-order valence-corrected chi connectivity index (χ2v) is 6.40. The Bertz CT molecular complexity index is 1160. The fraction of sp³-hybridized carbons (Fsp3) is 0.278. The zero-order valence-electron chi connectivity index (χ0n) is 14.5. The Morgan fingerprint density at radius 2 is 1.75 bits per heavy atom. The number of benzene rings is 1. The number of nitrogens with one attached hydrogen (secondary N) is 1. The van der Waals surface area contributed by atoms with Gasteiger partial charge in [0.2, 0.25) is 0 Å². The van der Waals surface area contributed by atoms with E-state index in [0.717, 1.165) is 33.5 Å². The van der Waals surface area contributed by atoms with Crippen molar-refractivity contribution in [3.63, 3.8) is 0 Å². The van der Waals surface area contributed by atoms with E-state index in [0.29, 0.717) is 25.9 Å². The Morgan fingerprint density at radius 3 is 2.43 bits per heavy atom. The van der Waals surface area contributed by atoms with Crippen molar-refractivity contribution in [3.8, 4) is 5.69 Å². The number of aromatic nitrogens is 3. The van der Waals surface area contributed by atoms with Crippen molar-refractivity contribution in [1.82, 2.24) is 19.4 Å². The third kappa shape index (κ3) is 3.31. The summed E-state index contributed by atoms with van der Waals surface area (Å²) in [6, 6.07) is 3.56. The van der Waals surface area contributed by atoms with Gasteiger partial charge < -0.3 is 5.32 Å². The van der Waals surface area contributed by atoms with Crippen LogP contribution >= 0.6 is 12.4 Å². The fourth-order valence-electron chi connectivity index (χ4n) is 3.43. The monoisotopic (exact) mass is 412 g/mol. The number of hydrogen-bond donors (Lipinski definition) is 1. The molecule has 0 bridgehead atoms. The number of hydrogen-bond acceptors (Lipinski definition) is 4. The first-order valence-electron chi connectivity index (χ1n) is 8.46. The highest BCUT2D eigenvalue weighted by Gasteiger charge is 2.24. The van der Waals surface area contributed by atoms with Gasteiger partial charge in [-0.3, -0.25) is 9.36 Å². The molecule has 1 N–H and O–H groups in total. The summed E-state index contributed by atoms with van der Waals surface area (Å²) in [5.41, 5.74) is -1.47. The molecule has 1 aromatic carbocycles. The lowest BCUT2D eigenvalue weighted by atomic mass is 10.1. The highest BCUT2D eigenvalue weighted by Crippen LogP contribution is 2.19. The molecule has 0 atom stereocenters. The Morgan fingerprint density at radius 1 is 1.04 bits per heavy atom. The van der Waals surface area contributed by atoms with Gasteiger partial charge in [-0.2, -0.15) is 0 Å². The first-order valence-corrected chi connectivity index (χ1v) is 8.46. The maximum Gasteiger partial charge on any atom is 0.337 e. The van der Waals surface area contributed by atoms with Crippen molar-refractivity contribution in [3.05, 3.63) is 68.8 Å². The lowest BCUT2D eigenvalue weighted by molar-refractivity contribution is 0.349. The topological polar surface area (TPSA) is 68.9 Å². The van der Waals surface area contributed by atoms with Gasteiger partial charge in [-0.1, -0.05) is 0 Å². The Labute approximate surface area is 163 Å². The van der Waals surface area contributed by atoms with Crippen LogP contribution in [0, 0.1) is 17.5 Å². The van der Waals surface area contributed by atoms with Crippen LogP contribution in [0.1, 0.15) is 18.9 Å². The van der Waals surface area contributed by atoms with Gasteiger partial charge in [0.05, 0.1) is 17.3 Å². The van der Waals surface area contributed by atoms with Crippen molar-refractivity contribution in [2.75, 3.05) is 13.1 Å². The molecule has 0 amide bonds. The van der Waals surface area contributed by atoms with Crippen LogP contribution in [-0.2, 0) is 0 Å². The lowest BCUT2D eigenvalue weighted by Crippen LogP contribution is -2.45. The number of halogens is 4. The number of rotatable bonds is 2. The van der Waals surface area contributed by atoms with E-state index in [1.54, 1.807) is 0 Å². The molecule has 148 valence electrons. The minimum Gasteiger partial charge on any atom is -0.317 e. The van der Waals surface area contributed by atoms with Crippen molar-refractivity contribution in [2.24, 2.45) is 0 Å². The summed E-state index contributed by atoms with van der Waals surface area (Å²) in [4.78, 5) is 29.9. The Balaban J connectivity index is 0.00000225. The van der Waals surface area contributed by atoms with E-state index < -0.39 is 28.7 Å². The Hall–Kier alpha value is -2.65. The van der Waals surface area contributed by atoms with Gasteiger partial charge in [-0.25, -0.2) is 27.5 Å². The highest BCUT2D eigenvalue weighted by atomic mass is 35.5. The number of pyridine rings is 1. The second-order valence-electron chi connectivity index (χ2n) is 6.40. The van der Waals surface area contributed by atoms with Crippen molar-refractivity contribution in [1.29, 1.82) is 0 Å². The van der Waals surface area contributed by atoms with Crippen LogP contribution in [-0.4, -0.2) is 27.2 Å². The van der Waals surface area contributed by atoms with Crippen LogP contribution in [0.25, 0.3) is 16.7 Å². The maximum atomic E-state index is 13.7. The summed E-state index contributed by atoms with van der Waals surface area (Å²) < 4.78 is 42.9. The quantitative estimate of drug-likeness (QED) is 0.701. The molecule has 0 spiro atoms. The highest BCUT2D eigenvalue weighted by molar-refractivity contribution is 5.85. The first kappa shape index (κ1) is 20.1. The largest absolute Gasteiger partial charge is 0.337 e. The molecule has 4 rings (SSSR count). The smallest absolute Gasteiger partial charge is 0.317 e. The number of piperidine rings is 1. The van der Waals surface area contributed by atoms with Crippen LogP contribution in [0.5, 0.6) is 0 Å². The summed E-state index contributed by atoms with van der Waals surface area (Å²) >= 11 is 0. The lowest BCUT2D eigenvalue weighted by Gasteiger charge is -2.25. The van der Waals surface area contributed by atoms with Crippen LogP contribution in [0.4, 0.5) is 13.2 Å². The summed E-state index contributed by atoms with van der Waals surface area (Å²) in [6.07, 6.45) is 1.95. The summed E-state index contributed by atoms with van der Waals surface area (Å²) in [5, 5.41) is 3.04. The molecule has 3 heterocycles. The Kier molecular flexibility index (Phi) is 5.57. The third-order valence-corrected chi connectivity index (χ3v) is 4.73. The van der Waals surface area contributed by atoms with Gasteiger partial charge in [0.15, 0.2) is 17.3 Å². The zero-order chi connectivity index (χ0) is 19.1. The van der Waals surface area contributed by atoms with Gasteiger partial charge in [0, 0.05) is 12.1 Å². The van der Waals surface area contributed by atoms with E-state index in [-0.39, 0.29) is 35.2 Å². The molecular weight excluding hydrogens is 397 g/mol. The average molecular weight is 413 g/mol. The van der Waals surface area contributed by atoms with E-state index in [9.17, 15) is 22.8 Å². The summed E-state index contributed by atoms with van der Waals surface area (Å²) in [7, 11) is 0. The van der Waals surface area contributed by atoms with E-state index >= 15 is 0 Å². The molecule has 6 nitrogen and oxygen atoms in total. The molecular formula is C18H16ClF3N4O2. The molecule has 0 aliphatic carbocycles. The average Bonchev–Trinajstić information content (AvgIpc) is 2.66. The molecule has 1 fully saturated rings. The van der Waals surface area contributed by atoms with Crippen molar-refractivity contribution >= 4 is 23.4 Å². The second kappa shape index (κ2) is 7.76. The molecule has 0 saturated carbocycles. The molecule has 1 aliphatic heterocycles. The molecule has 0 unspecified atom stereocenters. The van der Waals surface area contributed by atoms with Gasteiger partial charge in [0.25, 0.3) is 5.56 Å². The molecule has 1 aliphatic rings. The van der Waals surface area contributed by atoms with Crippen molar-refractivity contribution in [2.45, 2.75) is 18.9 Å².